The maximum atomic E-state index is 13.7. The van der Waals surface area contributed by atoms with Gasteiger partial charge < -0.3 is 15.4 Å². The molecular formula is C19H18FN3O. The minimum atomic E-state index is -0.394. The second-order valence-corrected chi connectivity index (χ2v) is 5.38. The highest BCUT2D eigenvalue weighted by atomic mass is 19.1. The summed E-state index contributed by atoms with van der Waals surface area (Å²) in [5.74, 6) is 0.294. The molecule has 2 N–H and O–H groups in total. The number of guanidine groups is 1. The monoisotopic (exact) mass is 323 g/mol. The van der Waals surface area contributed by atoms with Crippen LogP contribution in [0.25, 0.3) is 10.8 Å². The van der Waals surface area contributed by atoms with Crippen molar-refractivity contribution in [2.24, 2.45) is 10.7 Å². The topological polar surface area (TPSA) is 50.9 Å². The second-order valence-electron chi connectivity index (χ2n) is 5.38. The lowest BCUT2D eigenvalue weighted by Gasteiger charge is -2.19. The standard InChI is InChI=1S/C19H18FN3O/c1-23(15-10-14(20)11-16(12-15)24-2)19(21)22-18-9-5-7-13-6-3-4-8-17(13)18/h3-12H,1-2H3,(H2,21,22). The number of nitrogens with zero attached hydrogens (tertiary/aromatic N) is 2. The number of methoxy groups -OCH3 is 1. The summed E-state index contributed by atoms with van der Waals surface area (Å²) in [6, 6.07) is 18.2. The molecule has 3 rings (SSSR count). The molecule has 0 spiro atoms. The van der Waals surface area contributed by atoms with E-state index in [0.717, 1.165) is 16.5 Å². The van der Waals surface area contributed by atoms with Gasteiger partial charge in [0.15, 0.2) is 0 Å². The molecule has 24 heavy (non-hydrogen) atoms. The summed E-state index contributed by atoms with van der Waals surface area (Å²) in [5, 5.41) is 2.09. The van der Waals surface area contributed by atoms with E-state index in [0.29, 0.717) is 11.4 Å². The van der Waals surface area contributed by atoms with E-state index < -0.39 is 5.82 Å². The van der Waals surface area contributed by atoms with Crippen molar-refractivity contribution in [3.8, 4) is 5.75 Å². The third-order valence-corrected chi connectivity index (χ3v) is 3.82. The molecule has 0 saturated heterocycles. The van der Waals surface area contributed by atoms with Gasteiger partial charge in [-0.2, -0.15) is 0 Å². The summed E-state index contributed by atoms with van der Waals surface area (Å²) >= 11 is 0. The van der Waals surface area contributed by atoms with Crippen LogP contribution in [0.3, 0.4) is 0 Å². The molecule has 0 aromatic heterocycles. The van der Waals surface area contributed by atoms with Gasteiger partial charge in [0.05, 0.1) is 18.5 Å². The van der Waals surface area contributed by atoms with Gasteiger partial charge >= 0.3 is 0 Å². The van der Waals surface area contributed by atoms with Crippen molar-refractivity contribution in [3.05, 3.63) is 66.5 Å². The average molecular weight is 323 g/mol. The molecule has 0 fully saturated rings. The van der Waals surface area contributed by atoms with Gasteiger partial charge in [-0.1, -0.05) is 36.4 Å². The van der Waals surface area contributed by atoms with Crippen LogP contribution in [0.15, 0.2) is 65.7 Å². The van der Waals surface area contributed by atoms with Gasteiger partial charge in [-0.25, -0.2) is 9.38 Å². The van der Waals surface area contributed by atoms with Gasteiger partial charge in [0, 0.05) is 24.6 Å². The Bertz CT molecular complexity index is 903. The van der Waals surface area contributed by atoms with E-state index in [-0.39, 0.29) is 5.96 Å². The smallest absolute Gasteiger partial charge is 0.200 e. The van der Waals surface area contributed by atoms with Gasteiger partial charge in [0.1, 0.15) is 11.6 Å². The number of benzene rings is 3. The zero-order valence-electron chi connectivity index (χ0n) is 13.5. The predicted octanol–water partition coefficient (Wildman–Crippen LogP) is 4.07. The first-order valence-electron chi connectivity index (χ1n) is 7.49. The minimum absolute atomic E-state index is 0.263. The number of hydrogen-bond acceptors (Lipinski definition) is 2. The number of aliphatic imine (C=N–C) groups is 1. The number of hydrogen-bond donors (Lipinski definition) is 1. The van der Waals surface area contributed by atoms with Crippen molar-refractivity contribution in [3.63, 3.8) is 0 Å². The second kappa shape index (κ2) is 6.58. The fourth-order valence-corrected chi connectivity index (χ4v) is 2.50. The van der Waals surface area contributed by atoms with Gasteiger partial charge in [-0.15, -0.1) is 0 Å². The summed E-state index contributed by atoms with van der Waals surface area (Å²) in [5.41, 5.74) is 7.45. The first-order chi connectivity index (χ1) is 11.6. The van der Waals surface area contributed by atoms with Crippen molar-refractivity contribution in [2.75, 3.05) is 19.1 Å². The molecule has 0 atom stereocenters. The van der Waals surface area contributed by atoms with E-state index in [4.69, 9.17) is 10.5 Å². The highest BCUT2D eigenvalue weighted by Gasteiger charge is 2.10. The van der Waals surface area contributed by atoms with Crippen molar-refractivity contribution in [1.29, 1.82) is 0 Å². The van der Waals surface area contributed by atoms with Gasteiger partial charge in [-0.05, 0) is 17.5 Å². The third kappa shape index (κ3) is 3.15. The zero-order valence-corrected chi connectivity index (χ0v) is 13.5. The number of fused-ring (bicyclic) bond motifs is 1. The Morgan fingerprint density at radius 1 is 1.08 bits per heavy atom. The molecule has 4 nitrogen and oxygen atoms in total. The molecule has 3 aromatic carbocycles. The van der Waals surface area contributed by atoms with Crippen LogP contribution in [-0.2, 0) is 0 Å². The molecule has 3 aromatic rings. The van der Waals surface area contributed by atoms with E-state index in [9.17, 15) is 4.39 Å². The molecule has 0 unspecified atom stereocenters. The highest BCUT2D eigenvalue weighted by molar-refractivity contribution is 6.00. The maximum Gasteiger partial charge on any atom is 0.200 e. The Morgan fingerprint density at radius 2 is 1.83 bits per heavy atom. The van der Waals surface area contributed by atoms with Crippen molar-refractivity contribution < 1.29 is 9.13 Å². The third-order valence-electron chi connectivity index (χ3n) is 3.82. The lowest BCUT2D eigenvalue weighted by molar-refractivity contribution is 0.411. The van der Waals surface area contributed by atoms with Crippen molar-refractivity contribution >= 4 is 28.1 Å². The summed E-state index contributed by atoms with van der Waals surface area (Å²) in [4.78, 5) is 6.12. The number of anilines is 1. The summed E-state index contributed by atoms with van der Waals surface area (Å²) in [7, 11) is 3.23. The number of rotatable bonds is 3. The molecule has 0 radical (unpaired) electrons. The molecule has 0 aliphatic heterocycles. The SMILES string of the molecule is COc1cc(F)cc(N(C)C(N)=Nc2cccc3ccccc23)c1. The molecule has 0 heterocycles. The Kier molecular flexibility index (Phi) is 4.33. The first-order valence-corrected chi connectivity index (χ1v) is 7.49. The number of halogens is 1. The number of nitrogens with two attached hydrogens (primary N) is 1. The van der Waals surface area contributed by atoms with E-state index in [1.165, 1.54) is 19.2 Å². The molecule has 5 heteroatoms. The summed E-state index contributed by atoms with van der Waals surface area (Å²) in [6.45, 7) is 0. The molecule has 0 aliphatic carbocycles. The molecule has 0 saturated carbocycles. The van der Waals surface area contributed by atoms with E-state index in [1.807, 2.05) is 42.5 Å². The first kappa shape index (κ1) is 15.8. The molecular weight excluding hydrogens is 305 g/mol. The summed E-state index contributed by atoms with van der Waals surface area (Å²) < 4.78 is 18.8. The maximum absolute atomic E-state index is 13.7. The van der Waals surface area contributed by atoms with Crippen LogP contribution in [-0.4, -0.2) is 20.1 Å². The lowest BCUT2D eigenvalue weighted by atomic mass is 10.1. The van der Waals surface area contributed by atoms with Gasteiger partial charge in [-0.3, -0.25) is 0 Å². The van der Waals surface area contributed by atoms with E-state index >= 15 is 0 Å². The van der Waals surface area contributed by atoms with E-state index in [1.54, 1.807) is 18.0 Å². The Morgan fingerprint density at radius 3 is 2.62 bits per heavy atom. The molecule has 0 bridgehead atoms. The van der Waals surface area contributed by atoms with Crippen LogP contribution in [0, 0.1) is 5.82 Å². The van der Waals surface area contributed by atoms with Crippen molar-refractivity contribution in [2.45, 2.75) is 0 Å². The Hall–Kier alpha value is -3.08. The lowest BCUT2D eigenvalue weighted by Crippen LogP contribution is -2.33. The largest absolute Gasteiger partial charge is 0.497 e. The summed E-state index contributed by atoms with van der Waals surface area (Å²) in [6.07, 6.45) is 0. The van der Waals surface area contributed by atoms with Gasteiger partial charge in [0.2, 0.25) is 5.96 Å². The van der Waals surface area contributed by atoms with Crippen LogP contribution < -0.4 is 15.4 Å². The van der Waals surface area contributed by atoms with E-state index in [2.05, 4.69) is 4.99 Å². The van der Waals surface area contributed by atoms with Crippen LogP contribution in [0.1, 0.15) is 0 Å². The fourth-order valence-electron chi connectivity index (χ4n) is 2.50. The highest BCUT2D eigenvalue weighted by Crippen LogP contribution is 2.27. The van der Waals surface area contributed by atoms with Crippen LogP contribution in [0.4, 0.5) is 15.8 Å². The predicted molar refractivity (Wildman–Crippen MR) is 96.6 cm³/mol. The molecule has 0 amide bonds. The molecule has 0 aliphatic rings. The quantitative estimate of drug-likeness (QED) is 0.584. The Balaban J connectivity index is 1.99. The number of ether oxygens (including phenoxy) is 1. The minimum Gasteiger partial charge on any atom is -0.497 e. The average Bonchev–Trinajstić information content (AvgIpc) is 2.60. The fraction of sp³-hybridized carbons (Fsp3) is 0.105. The molecule has 122 valence electrons. The normalized spacial score (nSPS) is 11.5. The Labute approximate surface area is 140 Å². The van der Waals surface area contributed by atoms with Crippen LogP contribution >= 0.6 is 0 Å². The van der Waals surface area contributed by atoms with Crippen LogP contribution in [0.2, 0.25) is 0 Å². The van der Waals surface area contributed by atoms with Crippen molar-refractivity contribution in [1.82, 2.24) is 0 Å². The zero-order chi connectivity index (χ0) is 17.1. The van der Waals surface area contributed by atoms with Crippen LogP contribution in [0.5, 0.6) is 5.75 Å². The van der Waals surface area contributed by atoms with Gasteiger partial charge in [0.25, 0.3) is 0 Å².